The first-order valence-corrected chi connectivity index (χ1v) is 17.9. The number of amides is 2. The van der Waals surface area contributed by atoms with Crippen molar-refractivity contribution in [3.63, 3.8) is 0 Å². The van der Waals surface area contributed by atoms with Crippen LogP contribution in [0.3, 0.4) is 0 Å². The first-order valence-electron chi connectivity index (χ1n) is 15.5. The molecule has 0 aliphatic carbocycles. The van der Waals surface area contributed by atoms with Crippen LogP contribution in [0.5, 0.6) is 5.75 Å². The molecule has 45 heavy (non-hydrogen) atoms. The van der Waals surface area contributed by atoms with Crippen LogP contribution in [-0.4, -0.2) is 64.2 Å². The number of unbranched alkanes of at least 4 members (excludes halogenated alkanes) is 1. The molecule has 3 heterocycles. The summed E-state index contributed by atoms with van der Waals surface area (Å²) in [7, 11) is 0. The lowest BCUT2D eigenvalue weighted by molar-refractivity contribution is 0.249. The number of carbonyl (C=O) groups is 1. The maximum atomic E-state index is 14.2. The van der Waals surface area contributed by atoms with Crippen LogP contribution in [0.15, 0.2) is 63.4 Å². The summed E-state index contributed by atoms with van der Waals surface area (Å²) < 4.78 is 7.82. The average Bonchev–Trinajstić information content (AvgIpc) is 3.05. The van der Waals surface area contributed by atoms with E-state index in [0.29, 0.717) is 40.8 Å². The van der Waals surface area contributed by atoms with E-state index >= 15 is 0 Å². The van der Waals surface area contributed by atoms with Gasteiger partial charge < -0.3 is 20.3 Å². The Kier molecular flexibility index (Phi) is 12.7. The molecular weight excluding hydrogens is 605 g/mol. The molecule has 0 aliphatic rings. The van der Waals surface area contributed by atoms with E-state index < -0.39 is 6.03 Å². The topological polar surface area (TPSA) is 101 Å². The number of aryl methyl sites for hydroxylation is 2. The number of ether oxygens (including phenoxy) is 1. The number of thioether (sulfide) groups is 2. The van der Waals surface area contributed by atoms with Gasteiger partial charge in [0.2, 0.25) is 0 Å². The highest BCUT2D eigenvalue weighted by Crippen LogP contribution is 2.36. The number of rotatable bonds is 15. The van der Waals surface area contributed by atoms with Crippen molar-refractivity contribution in [2.45, 2.75) is 63.4 Å². The van der Waals surface area contributed by atoms with Crippen LogP contribution in [0.25, 0.3) is 22.2 Å². The number of nitrogens with zero attached hydrogens (tertiary/aromatic N) is 4. The zero-order valence-corrected chi connectivity index (χ0v) is 28.7. The van der Waals surface area contributed by atoms with Crippen LogP contribution in [-0.2, 0) is 6.54 Å². The van der Waals surface area contributed by atoms with Crippen molar-refractivity contribution in [2.75, 3.05) is 49.4 Å². The number of hydrogen-bond acceptors (Lipinski definition) is 8. The lowest BCUT2D eigenvalue weighted by atomic mass is 10.00. The number of benzene rings is 1. The minimum absolute atomic E-state index is 0.194. The van der Waals surface area contributed by atoms with Gasteiger partial charge in [-0.2, -0.15) is 0 Å². The predicted octanol–water partition coefficient (Wildman–Crippen LogP) is 7.77. The van der Waals surface area contributed by atoms with E-state index in [-0.39, 0.29) is 11.2 Å². The summed E-state index contributed by atoms with van der Waals surface area (Å²) in [6, 6.07) is 12.9. The van der Waals surface area contributed by atoms with Gasteiger partial charge in [0.25, 0.3) is 5.56 Å². The Balaban J connectivity index is 1.77. The molecule has 240 valence electrons. The van der Waals surface area contributed by atoms with Crippen molar-refractivity contribution in [1.29, 1.82) is 0 Å². The SMILES string of the molecule is CCCCn1c(=O)c(NC(=O)Nc2c(SC)cc(C)nc2SC)c(-c2cccc(OCCCN(CC)CC)c2)c2cccnc21. The van der Waals surface area contributed by atoms with Crippen molar-refractivity contribution in [1.82, 2.24) is 19.4 Å². The molecule has 3 aromatic heterocycles. The Morgan fingerprint density at radius 2 is 1.78 bits per heavy atom. The molecule has 0 saturated heterocycles. The number of pyridine rings is 3. The van der Waals surface area contributed by atoms with Gasteiger partial charge >= 0.3 is 6.03 Å². The first kappa shape index (κ1) is 34.3. The van der Waals surface area contributed by atoms with E-state index in [0.717, 1.165) is 60.4 Å². The molecule has 1 aromatic carbocycles. The molecule has 9 nitrogen and oxygen atoms in total. The van der Waals surface area contributed by atoms with Gasteiger partial charge in [-0.05, 0) is 81.3 Å². The molecular formula is C34H44N6O3S2. The quantitative estimate of drug-likeness (QED) is 0.0996. The molecule has 0 unspecified atom stereocenters. The van der Waals surface area contributed by atoms with Gasteiger partial charge in [-0.25, -0.2) is 14.8 Å². The summed E-state index contributed by atoms with van der Waals surface area (Å²) in [5, 5.41) is 7.42. The number of aromatic nitrogens is 3. The zero-order valence-electron chi connectivity index (χ0n) is 27.1. The van der Waals surface area contributed by atoms with Gasteiger partial charge in [-0.3, -0.25) is 9.36 Å². The Labute approximate surface area is 274 Å². The number of carbonyl (C=O) groups excluding carboxylic acids is 1. The lowest BCUT2D eigenvalue weighted by Gasteiger charge is -2.20. The number of fused-ring (bicyclic) bond motifs is 1. The second-order valence-electron chi connectivity index (χ2n) is 10.6. The summed E-state index contributed by atoms with van der Waals surface area (Å²) in [5.41, 5.74) is 3.33. The highest BCUT2D eigenvalue weighted by atomic mass is 32.2. The Morgan fingerprint density at radius 3 is 2.49 bits per heavy atom. The predicted molar refractivity (Wildman–Crippen MR) is 189 cm³/mol. The fourth-order valence-corrected chi connectivity index (χ4v) is 6.58. The fourth-order valence-electron chi connectivity index (χ4n) is 5.28. The first-order chi connectivity index (χ1) is 21.8. The second kappa shape index (κ2) is 16.7. The van der Waals surface area contributed by atoms with E-state index in [9.17, 15) is 9.59 Å². The molecule has 11 heteroatoms. The molecule has 0 saturated carbocycles. The number of urea groups is 1. The van der Waals surface area contributed by atoms with E-state index in [2.05, 4.69) is 46.3 Å². The number of anilines is 2. The largest absolute Gasteiger partial charge is 0.494 e. The van der Waals surface area contributed by atoms with Gasteiger partial charge in [-0.15, -0.1) is 23.5 Å². The molecule has 0 fully saturated rings. The summed E-state index contributed by atoms with van der Waals surface area (Å²) in [6.07, 6.45) is 8.20. The summed E-state index contributed by atoms with van der Waals surface area (Å²) >= 11 is 2.99. The Bertz CT molecular complexity index is 1650. The van der Waals surface area contributed by atoms with Crippen LogP contribution >= 0.6 is 23.5 Å². The molecule has 0 aliphatic heterocycles. The highest BCUT2D eigenvalue weighted by molar-refractivity contribution is 7.99. The maximum Gasteiger partial charge on any atom is 0.323 e. The van der Waals surface area contributed by atoms with E-state index in [1.54, 1.807) is 10.8 Å². The molecule has 4 aromatic rings. The van der Waals surface area contributed by atoms with E-state index in [4.69, 9.17) is 4.74 Å². The van der Waals surface area contributed by atoms with Crippen molar-refractivity contribution in [3.05, 3.63) is 64.7 Å². The third-order valence-electron chi connectivity index (χ3n) is 7.63. The van der Waals surface area contributed by atoms with Gasteiger partial charge in [0.05, 0.1) is 12.3 Å². The zero-order chi connectivity index (χ0) is 32.3. The van der Waals surface area contributed by atoms with Crippen LogP contribution in [0.4, 0.5) is 16.2 Å². The minimum Gasteiger partial charge on any atom is -0.494 e. The Morgan fingerprint density at radius 1 is 1.00 bits per heavy atom. The van der Waals surface area contributed by atoms with Crippen molar-refractivity contribution < 1.29 is 9.53 Å². The normalized spacial score (nSPS) is 11.3. The van der Waals surface area contributed by atoms with Gasteiger partial charge in [-0.1, -0.05) is 39.3 Å². The van der Waals surface area contributed by atoms with E-state index in [1.165, 1.54) is 23.5 Å². The Hall–Kier alpha value is -3.54. The number of hydrogen-bond donors (Lipinski definition) is 2. The standard InChI is InChI=1S/C34H44N6O3S2/c1-7-10-19-40-31-26(16-12-17-35-31)28(24-14-11-15-25(22-24)43-20-13-18-39(8-2)9-3)30(33(40)41)38-34(42)37-29-27(44-5)21-23(4)36-32(29)45-6/h11-12,14-17,21-22H,7-10,13,18-20H2,1-6H3,(H2,37,38,42). The molecule has 2 amide bonds. The second-order valence-corrected chi connectivity index (χ2v) is 12.3. The van der Waals surface area contributed by atoms with Gasteiger partial charge in [0.1, 0.15) is 22.1 Å². The monoisotopic (exact) mass is 648 g/mol. The number of nitrogens with one attached hydrogen (secondary N) is 2. The maximum absolute atomic E-state index is 14.2. The highest BCUT2D eigenvalue weighted by Gasteiger charge is 2.22. The molecule has 0 atom stereocenters. The van der Waals surface area contributed by atoms with Gasteiger partial charge in [0, 0.05) is 40.8 Å². The third-order valence-corrected chi connectivity index (χ3v) is 9.07. The lowest BCUT2D eigenvalue weighted by Crippen LogP contribution is -2.30. The van der Waals surface area contributed by atoms with Crippen molar-refractivity contribution >= 4 is 52.0 Å². The van der Waals surface area contributed by atoms with Crippen LogP contribution in [0.1, 0.15) is 45.7 Å². The third kappa shape index (κ3) is 8.39. The van der Waals surface area contributed by atoms with Crippen LogP contribution < -0.4 is 20.9 Å². The minimum atomic E-state index is -0.515. The molecule has 0 bridgehead atoms. The summed E-state index contributed by atoms with van der Waals surface area (Å²) in [6.45, 7) is 12.4. The van der Waals surface area contributed by atoms with Crippen LogP contribution in [0, 0.1) is 6.92 Å². The molecule has 0 radical (unpaired) electrons. The summed E-state index contributed by atoms with van der Waals surface area (Å²) in [5.74, 6) is 0.703. The molecule has 0 spiro atoms. The molecule has 2 N–H and O–H groups in total. The van der Waals surface area contributed by atoms with Gasteiger partial charge in [0.15, 0.2) is 0 Å². The molecule has 4 rings (SSSR count). The van der Waals surface area contributed by atoms with E-state index in [1.807, 2.05) is 61.9 Å². The average molecular weight is 649 g/mol. The van der Waals surface area contributed by atoms with Crippen LogP contribution in [0.2, 0.25) is 0 Å². The fraction of sp³-hybridized carbons (Fsp3) is 0.412. The van der Waals surface area contributed by atoms with Crippen molar-refractivity contribution in [3.8, 4) is 16.9 Å². The summed E-state index contributed by atoms with van der Waals surface area (Å²) in [4.78, 5) is 40.4. The van der Waals surface area contributed by atoms with Crippen molar-refractivity contribution in [2.24, 2.45) is 0 Å². The smallest absolute Gasteiger partial charge is 0.323 e.